The van der Waals surface area contributed by atoms with Crippen LogP contribution < -0.4 is 0 Å². The predicted molar refractivity (Wildman–Crippen MR) is 62.0 cm³/mol. The van der Waals surface area contributed by atoms with Gasteiger partial charge in [0.2, 0.25) is 0 Å². The van der Waals surface area contributed by atoms with Gasteiger partial charge >= 0.3 is 0 Å². The van der Waals surface area contributed by atoms with E-state index in [2.05, 4.69) is 16.0 Å². The average molecular weight is 227 g/mol. The van der Waals surface area contributed by atoms with E-state index in [9.17, 15) is 0 Å². The average Bonchev–Trinajstić information content (AvgIpc) is 3.04. The Morgan fingerprint density at radius 3 is 2.88 bits per heavy atom. The van der Waals surface area contributed by atoms with E-state index in [1.165, 1.54) is 0 Å². The predicted octanol–water partition coefficient (Wildman–Crippen LogP) is 2.95. The van der Waals surface area contributed by atoms with Crippen LogP contribution in [0.25, 0.3) is 11.3 Å². The van der Waals surface area contributed by atoms with Crippen molar-refractivity contribution in [2.45, 2.75) is 18.8 Å². The molecule has 16 heavy (non-hydrogen) atoms. The summed E-state index contributed by atoms with van der Waals surface area (Å²) in [5.41, 5.74) is 2.42. The summed E-state index contributed by atoms with van der Waals surface area (Å²) >= 11 is 1.63. The van der Waals surface area contributed by atoms with Gasteiger partial charge in [0.1, 0.15) is 17.6 Å². The molecule has 3 nitrogen and oxygen atoms in total. The summed E-state index contributed by atoms with van der Waals surface area (Å²) < 4.78 is 0. The van der Waals surface area contributed by atoms with Gasteiger partial charge in [-0.25, -0.2) is 9.97 Å². The Hall–Kier alpha value is -1.73. The molecule has 0 amide bonds. The Bertz CT molecular complexity index is 550. The van der Waals surface area contributed by atoms with Crippen LogP contribution in [0.2, 0.25) is 0 Å². The summed E-state index contributed by atoms with van der Waals surface area (Å²) in [5.74, 6) is 1.31. The third-order valence-electron chi connectivity index (χ3n) is 2.62. The van der Waals surface area contributed by atoms with Crippen molar-refractivity contribution in [2.24, 2.45) is 0 Å². The molecule has 0 bridgehead atoms. The summed E-state index contributed by atoms with van der Waals surface area (Å²) in [6, 6.07) is 5.88. The fourth-order valence-corrected chi connectivity index (χ4v) is 2.26. The molecule has 3 rings (SSSR count). The van der Waals surface area contributed by atoms with Gasteiger partial charge in [0.25, 0.3) is 0 Å². The van der Waals surface area contributed by atoms with E-state index in [4.69, 9.17) is 5.26 Å². The molecule has 0 saturated heterocycles. The monoisotopic (exact) mass is 227 g/mol. The van der Waals surface area contributed by atoms with Gasteiger partial charge in [-0.2, -0.15) is 16.6 Å². The maximum absolute atomic E-state index is 8.95. The van der Waals surface area contributed by atoms with Gasteiger partial charge in [-0.15, -0.1) is 0 Å². The molecule has 2 aromatic rings. The fraction of sp³-hybridized carbons (Fsp3) is 0.250. The first-order valence-electron chi connectivity index (χ1n) is 5.18. The Morgan fingerprint density at radius 2 is 2.25 bits per heavy atom. The van der Waals surface area contributed by atoms with Crippen molar-refractivity contribution < 1.29 is 0 Å². The molecule has 0 N–H and O–H groups in total. The lowest BCUT2D eigenvalue weighted by Crippen LogP contribution is -1.97. The molecule has 0 aliphatic heterocycles. The van der Waals surface area contributed by atoms with Gasteiger partial charge in [0, 0.05) is 22.9 Å². The highest BCUT2D eigenvalue weighted by atomic mass is 32.1. The van der Waals surface area contributed by atoms with Crippen LogP contribution >= 0.6 is 11.3 Å². The topological polar surface area (TPSA) is 49.6 Å². The second-order valence-electron chi connectivity index (χ2n) is 3.89. The van der Waals surface area contributed by atoms with Crippen LogP contribution in [0.3, 0.4) is 0 Å². The zero-order chi connectivity index (χ0) is 11.0. The highest BCUT2D eigenvalue weighted by Crippen LogP contribution is 2.38. The number of hydrogen-bond donors (Lipinski definition) is 0. The van der Waals surface area contributed by atoms with Crippen molar-refractivity contribution in [1.29, 1.82) is 5.26 Å². The normalized spacial score (nSPS) is 14.7. The molecule has 2 heterocycles. The fourth-order valence-electron chi connectivity index (χ4n) is 1.61. The Morgan fingerprint density at radius 1 is 1.38 bits per heavy atom. The molecule has 0 aromatic carbocycles. The summed E-state index contributed by atoms with van der Waals surface area (Å²) in [6.45, 7) is 0. The molecule has 1 saturated carbocycles. The minimum Gasteiger partial charge on any atom is -0.232 e. The van der Waals surface area contributed by atoms with Gasteiger partial charge in [-0.05, 0) is 24.3 Å². The van der Waals surface area contributed by atoms with Crippen LogP contribution in [0.15, 0.2) is 22.9 Å². The first-order chi connectivity index (χ1) is 7.86. The number of rotatable bonds is 2. The minimum absolute atomic E-state index is 0.470. The maximum atomic E-state index is 8.95. The van der Waals surface area contributed by atoms with Gasteiger partial charge in [0.05, 0.1) is 5.69 Å². The SMILES string of the molecule is N#Cc1cc(-c2ccsc2)nc(C2CC2)n1. The zero-order valence-corrected chi connectivity index (χ0v) is 9.37. The van der Waals surface area contributed by atoms with Gasteiger partial charge in [-0.3, -0.25) is 0 Å². The largest absolute Gasteiger partial charge is 0.232 e. The molecule has 0 radical (unpaired) electrons. The first-order valence-corrected chi connectivity index (χ1v) is 6.13. The van der Waals surface area contributed by atoms with E-state index in [0.29, 0.717) is 11.6 Å². The van der Waals surface area contributed by atoms with Crippen LogP contribution in [-0.4, -0.2) is 9.97 Å². The van der Waals surface area contributed by atoms with Gasteiger partial charge < -0.3 is 0 Å². The number of aromatic nitrogens is 2. The van der Waals surface area contributed by atoms with E-state index in [0.717, 1.165) is 29.9 Å². The molecule has 1 fully saturated rings. The lowest BCUT2D eigenvalue weighted by atomic mass is 10.2. The van der Waals surface area contributed by atoms with Crippen LogP contribution in [-0.2, 0) is 0 Å². The van der Waals surface area contributed by atoms with E-state index in [1.807, 2.05) is 16.8 Å². The van der Waals surface area contributed by atoms with E-state index < -0.39 is 0 Å². The summed E-state index contributed by atoms with van der Waals surface area (Å²) in [4.78, 5) is 8.79. The molecule has 1 aliphatic carbocycles. The highest BCUT2D eigenvalue weighted by Gasteiger charge is 2.27. The quantitative estimate of drug-likeness (QED) is 0.792. The minimum atomic E-state index is 0.470. The van der Waals surface area contributed by atoms with Crippen molar-refractivity contribution in [2.75, 3.05) is 0 Å². The zero-order valence-electron chi connectivity index (χ0n) is 8.55. The van der Waals surface area contributed by atoms with Crippen molar-refractivity contribution in [3.8, 4) is 17.3 Å². The standard InChI is InChI=1S/C12H9N3S/c13-6-10-5-11(9-3-4-16-7-9)15-12(14-10)8-1-2-8/h3-5,7-8H,1-2H2. The number of nitriles is 1. The van der Waals surface area contributed by atoms with Gasteiger partial charge in [-0.1, -0.05) is 0 Å². The van der Waals surface area contributed by atoms with Crippen molar-refractivity contribution >= 4 is 11.3 Å². The Balaban J connectivity index is 2.11. The van der Waals surface area contributed by atoms with E-state index in [1.54, 1.807) is 17.4 Å². The third kappa shape index (κ3) is 1.70. The molecule has 1 aliphatic rings. The second-order valence-corrected chi connectivity index (χ2v) is 4.67. The van der Waals surface area contributed by atoms with Crippen molar-refractivity contribution in [1.82, 2.24) is 9.97 Å². The Kier molecular flexibility index (Phi) is 2.19. The molecule has 2 aromatic heterocycles. The second kappa shape index (κ2) is 3.69. The molecule has 4 heteroatoms. The van der Waals surface area contributed by atoms with Crippen LogP contribution in [0, 0.1) is 11.3 Å². The molecular formula is C12H9N3S. The number of hydrogen-bond acceptors (Lipinski definition) is 4. The molecular weight excluding hydrogens is 218 g/mol. The third-order valence-corrected chi connectivity index (χ3v) is 3.30. The van der Waals surface area contributed by atoms with E-state index in [-0.39, 0.29) is 0 Å². The van der Waals surface area contributed by atoms with Crippen LogP contribution in [0.1, 0.15) is 30.3 Å². The number of nitrogens with zero attached hydrogens (tertiary/aromatic N) is 3. The first kappa shape index (κ1) is 9.49. The van der Waals surface area contributed by atoms with Crippen molar-refractivity contribution in [3.63, 3.8) is 0 Å². The van der Waals surface area contributed by atoms with Crippen molar-refractivity contribution in [3.05, 3.63) is 34.4 Å². The molecule has 0 unspecified atom stereocenters. The van der Waals surface area contributed by atoms with Crippen LogP contribution in [0.5, 0.6) is 0 Å². The van der Waals surface area contributed by atoms with Gasteiger partial charge in [0.15, 0.2) is 0 Å². The number of thiophene rings is 1. The van der Waals surface area contributed by atoms with Crippen LogP contribution in [0.4, 0.5) is 0 Å². The molecule has 0 spiro atoms. The summed E-state index contributed by atoms with van der Waals surface area (Å²) in [5, 5.41) is 13.0. The summed E-state index contributed by atoms with van der Waals surface area (Å²) in [6.07, 6.45) is 2.30. The lowest BCUT2D eigenvalue weighted by molar-refractivity contribution is 0.922. The van der Waals surface area contributed by atoms with E-state index >= 15 is 0 Å². The molecule has 0 atom stereocenters. The highest BCUT2D eigenvalue weighted by molar-refractivity contribution is 7.08. The Labute approximate surface area is 97.4 Å². The maximum Gasteiger partial charge on any atom is 0.144 e. The smallest absolute Gasteiger partial charge is 0.144 e. The lowest BCUT2D eigenvalue weighted by Gasteiger charge is -2.01. The molecule has 78 valence electrons. The summed E-state index contributed by atoms with van der Waals surface area (Å²) in [7, 11) is 0.